The van der Waals surface area contributed by atoms with Crippen molar-refractivity contribution < 1.29 is 13.2 Å². The van der Waals surface area contributed by atoms with Gasteiger partial charge < -0.3 is 9.30 Å². The van der Waals surface area contributed by atoms with E-state index in [1.54, 1.807) is 13.3 Å². The topological polar surface area (TPSA) is 64.4 Å². The van der Waals surface area contributed by atoms with Crippen molar-refractivity contribution in [1.29, 1.82) is 0 Å². The standard InChI is InChI=1S/C21H37N3O3S/c1-23(19-11-7-4-8-12-19)16-20-15-22-21(24(20)13-14-27-2)28(25,26)17-18-9-5-3-6-10-18/h15,18-19H,3-14,16-17H2,1-2H3. The van der Waals surface area contributed by atoms with E-state index in [4.69, 9.17) is 4.74 Å². The van der Waals surface area contributed by atoms with Crippen LogP contribution in [-0.2, 0) is 27.7 Å². The normalized spacial score (nSPS) is 20.1. The van der Waals surface area contributed by atoms with Crippen molar-refractivity contribution in [2.75, 3.05) is 26.5 Å². The molecule has 160 valence electrons. The largest absolute Gasteiger partial charge is 0.383 e. The minimum absolute atomic E-state index is 0.231. The molecule has 0 saturated heterocycles. The summed E-state index contributed by atoms with van der Waals surface area (Å²) in [6.45, 7) is 1.76. The zero-order chi connectivity index (χ0) is 20.0. The van der Waals surface area contributed by atoms with Crippen molar-refractivity contribution >= 4 is 9.84 Å². The minimum atomic E-state index is -3.38. The van der Waals surface area contributed by atoms with E-state index in [-0.39, 0.29) is 16.8 Å². The van der Waals surface area contributed by atoms with Crippen LogP contribution < -0.4 is 0 Å². The van der Waals surface area contributed by atoms with Gasteiger partial charge in [0.25, 0.3) is 0 Å². The van der Waals surface area contributed by atoms with Gasteiger partial charge in [0.2, 0.25) is 15.0 Å². The summed E-state index contributed by atoms with van der Waals surface area (Å²) in [4.78, 5) is 6.77. The molecule has 0 N–H and O–H groups in total. The van der Waals surface area contributed by atoms with E-state index in [1.165, 1.54) is 38.5 Å². The van der Waals surface area contributed by atoms with Crippen LogP contribution in [0.4, 0.5) is 0 Å². The smallest absolute Gasteiger partial charge is 0.227 e. The Hall–Kier alpha value is -0.920. The molecular weight excluding hydrogens is 374 g/mol. The molecule has 3 rings (SSSR count). The van der Waals surface area contributed by atoms with Crippen LogP contribution in [0.2, 0.25) is 0 Å². The minimum Gasteiger partial charge on any atom is -0.383 e. The van der Waals surface area contributed by atoms with Crippen LogP contribution in [0, 0.1) is 5.92 Å². The average molecular weight is 412 g/mol. The second kappa shape index (κ2) is 10.2. The number of nitrogens with zero attached hydrogens (tertiary/aromatic N) is 3. The summed E-state index contributed by atoms with van der Waals surface area (Å²) in [6, 6.07) is 0.585. The van der Waals surface area contributed by atoms with Gasteiger partial charge in [0, 0.05) is 26.2 Å². The van der Waals surface area contributed by atoms with E-state index < -0.39 is 9.84 Å². The molecule has 6 nitrogen and oxygen atoms in total. The Kier molecular flexibility index (Phi) is 7.94. The van der Waals surface area contributed by atoms with Gasteiger partial charge in [-0.15, -0.1) is 0 Å². The number of sulfone groups is 1. The highest BCUT2D eigenvalue weighted by atomic mass is 32.2. The molecule has 2 aliphatic carbocycles. The van der Waals surface area contributed by atoms with Crippen LogP contribution in [0.15, 0.2) is 11.4 Å². The Morgan fingerprint density at radius 1 is 1.11 bits per heavy atom. The number of aromatic nitrogens is 2. The fraction of sp³-hybridized carbons (Fsp3) is 0.857. The van der Waals surface area contributed by atoms with Crippen LogP contribution in [0.3, 0.4) is 0 Å². The Bertz CT molecular complexity index is 704. The van der Waals surface area contributed by atoms with Crippen LogP contribution in [0.1, 0.15) is 69.9 Å². The first-order valence-corrected chi connectivity index (χ1v) is 12.6. The van der Waals surface area contributed by atoms with E-state index >= 15 is 0 Å². The molecule has 1 aromatic heterocycles. The SMILES string of the molecule is COCCn1c(CN(C)C2CCCCC2)cnc1S(=O)(=O)CC1CCCCC1. The third kappa shape index (κ3) is 5.57. The van der Waals surface area contributed by atoms with E-state index in [9.17, 15) is 8.42 Å². The third-order valence-corrected chi connectivity index (χ3v) is 8.28. The van der Waals surface area contributed by atoms with Crippen molar-refractivity contribution in [1.82, 2.24) is 14.5 Å². The van der Waals surface area contributed by atoms with E-state index in [0.29, 0.717) is 19.2 Å². The molecule has 0 atom stereocenters. The maximum absolute atomic E-state index is 13.1. The number of imidazole rings is 1. The molecule has 1 aromatic rings. The van der Waals surface area contributed by atoms with Crippen LogP contribution >= 0.6 is 0 Å². The zero-order valence-corrected chi connectivity index (χ0v) is 18.4. The summed E-state index contributed by atoms with van der Waals surface area (Å²) in [5, 5.41) is 0.238. The summed E-state index contributed by atoms with van der Waals surface area (Å²) in [5.41, 5.74) is 0.979. The van der Waals surface area contributed by atoms with Gasteiger partial charge in [-0.25, -0.2) is 13.4 Å². The average Bonchev–Trinajstić information content (AvgIpc) is 3.11. The van der Waals surface area contributed by atoms with Gasteiger partial charge >= 0.3 is 0 Å². The fourth-order valence-corrected chi connectivity index (χ4v) is 6.69. The number of hydrogen-bond donors (Lipinski definition) is 0. The Balaban J connectivity index is 1.76. The fourth-order valence-electron chi connectivity index (χ4n) is 4.83. The lowest BCUT2D eigenvalue weighted by molar-refractivity contribution is 0.169. The van der Waals surface area contributed by atoms with Crippen LogP contribution in [-0.4, -0.2) is 55.4 Å². The van der Waals surface area contributed by atoms with Gasteiger partial charge in [0.15, 0.2) is 0 Å². The van der Waals surface area contributed by atoms with Crippen molar-refractivity contribution in [2.45, 2.75) is 88.5 Å². The molecule has 1 heterocycles. The quantitative estimate of drug-likeness (QED) is 0.621. The van der Waals surface area contributed by atoms with Crippen molar-refractivity contribution in [2.24, 2.45) is 5.92 Å². The number of hydrogen-bond acceptors (Lipinski definition) is 5. The lowest BCUT2D eigenvalue weighted by atomic mass is 9.91. The van der Waals surface area contributed by atoms with Gasteiger partial charge in [-0.3, -0.25) is 4.90 Å². The van der Waals surface area contributed by atoms with Gasteiger partial charge in [-0.05, 0) is 38.6 Å². The lowest BCUT2D eigenvalue weighted by Gasteiger charge is -2.31. The van der Waals surface area contributed by atoms with E-state index in [0.717, 1.165) is 37.9 Å². The van der Waals surface area contributed by atoms with Gasteiger partial charge in [0.1, 0.15) is 0 Å². The summed E-state index contributed by atoms with van der Waals surface area (Å²) >= 11 is 0. The molecule has 28 heavy (non-hydrogen) atoms. The number of rotatable bonds is 9. The summed E-state index contributed by atoms with van der Waals surface area (Å²) in [5.74, 6) is 0.509. The highest BCUT2D eigenvalue weighted by Gasteiger charge is 2.29. The predicted molar refractivity (Wildman–Crippen MR) is 111 cm³/mol. The van der Waals surface area contributed by atoms with Crippen molar-refractivity contribution in [3.8, 4) is 0 Å². The molecule has 0 radical (unpaired) electrons. The molecule has 0 spiro atoms. The first-order chi connectivity index (χ1) is 13.5. The van der Waals surface area contributed by atoms with Crippen LogP contribution in [0.5, 0.6) is 0 Å². The Morgan fingerprint density at radius 2 is 1.75 bits per heavy atom. The maximum atomic E-state index is 13.1. The predicted octanol–water partition coefficient (Wildman–Crippen LogP) is 3.65. The molecule has 0 aliphatic heterocycles. The molecule has 0 aromatic carbocycles. The Labute approximate surface area is 170 Å². The molecule has 0 amide bonds. The summed E-state index contributed by atoms with van der Waals surface area (Å²) in [7, 11) is 0.423. The van der Waals surface area contributed by atoms with Gasteiger partial charge in [-0.1, -0.05) is 38.5 Å². The zero-order valence-electron chi connectivity index (χ0n) is 17.6. The molecule has 7 heteroatoms. The highest BCUT2D eigenvalue weighted by Crippen LogP contribution is 2.28. The highest BCUT2D eigenvalue weighted by molar-refractivity contribution is 7.91. The second-order valence-electron chi connectivity index (χ2n) is 8.67. The van der Waals surface area contributed by atoms with Crippen molar-refractivity contribution in [3.05, 3.63) is 11.9 Å². The molecule has 0 unspecified atom stereocenters. The van der Waals surface area contributed by atoms with Gasteiger partial charge in [0.05, 0.1) is 24.3 Å². The first kappa shape index (κ1) is 21.8. The molecular formula is C21H37N3O3S. The molecule has 2 saturated carbocycles. The van der Waals surface area contributed by atoms with E-state index in [1.807, 2.05) is 4.57 Å². The third-order valence-electron chi connectivity index (χ3n) is 6.49. The number of ether oxygens (including phenoxy) is 1. The Morgan fingerprint density at radius 3 is 2.39 bits per heavy atom. The molecule has 2 fully saturated rings. The monoisotopic (exact) mass is 411 g/mol. The summed E-state index contributed by atoms with van der Waals surface area (Å²) in [6.07, 6.45) is 13.7. The second-order valence-corrected chi connectivity index (χ2v) is 10.6. The van der Waals surface area contributed by atoms with E-state index in [2.05, 4.69) is 16.9 Å². The van der Waals surface area contributed by atoms with Gasteiger partial charge in [-0.2, -0.15) is 0 Å². The molecule has 2 aliphatic rings. The maximum Gasteiger partial charge on any atom is 0.227 e. The number of methoxy groups -OCH3 is 1. The summed E-state index contributed by atoms with van der Waals surface area (Å²) < 4.78 is 33.4. The lowest BCUT2D eigenvalue weighted by Crippen LogP contribution is -2.34. The molecule has 0 bridgehead atoms. The van der Waals surface area contributed by atoms with Crippen molar-refractivity contribution in [3.63, 3.8) is 0 Å². The first-order valence-electron chi connectivity index (χ1n) is 11.0. The van der Waals surface area contributed by atoms with Crippen LogP contribution in [0.25, 0.3) is 0 Å².